The van der Waals surface area contributed by atoms with Gasteiger partial charge in [-0.15, -0.1) is 0 Å². The van der Waals surface area contributed by atoms with Crippen LogP contribution in [0.3, 0.4) is 0 Å². The molecule has 0 fully saturated rings. The maximum Gasteiger partial charge on any atom is 0.417 e. The summed E-state index contributed by atoms with van der Waals surface area (Å²) in [5, 5.41) is 3.48. The Labute approximate surface area is 111 Å². The predicted octanol–water partition coefficient (Wildman–Crippen LogP) is 3.43. The highest BCUT2D eigenvalue weighted by Gasteiger charge is 2.35. The number of rotatable bonds is 2. The standard InChI is InChI=1S/C11H9ClF3N3O/c1-5(16)10-17-9(18-19-10)7-3-2-6(12)4-8(7)11(13,14)15/h2-5H,16H2,1H3/t5-/m0/s1. The Hall–Kier alpha value is -1.60. The zero-order valence-corrected chi connectivity index (χ0v) is 10.5. The van der Waals surface area contributed by atoms with Crippen LogP contribution in [0.4, 0.5) is 13.2 Å². The van der Waals surface area contributed by atoms with Gasteiger partial charge in [0.25, 0.3) is 0 Å². The quantitative estimate of drug-likeness (QED) is 0.920. The molecular formula is C11H9ClF3N3O. The van der Waals surface area contributed by atoms with E-state index in [1.807, 2.05) is 0 Å². The number of alkyl halides is 3. The normalized spacial score (nSPS) is 13.6. The lowest BCUT2D eigenvalue weighted by molar-refractivity contribution is -0.137. The molecule has 0 saturated heterocycles. The third kappa shape index (κ3) is 2.87. The van der Waals surface area contributed by atoms with Crippen molar-refractivity contribution in [1.29, 1.82) is 0 Å². The predicted molar refractivity (Wildman–Crippen MR) is 62.3 cm³/mol. The molecule has 0 bridgehead atoms. The van der Waals surface area contributed by atoms with Crippen molar-refractivity contribution in [2.75, 3.05) is 0 Å². The molecule has 4 nitrogen and oxygen atoms in total. The summed E-state index contributed by atoms with van der Waals surface area (Å²) in [6.07, 6.45) is -4.56. The van der Waals surface area contributed by atoms with Crippen molar-refractivity contribution in [3.63, 3.8) is 0 Å². The molecule has 0 unspecified atom stereocenters. The summed E-state index contributed by atoms with van der Waals surface area (Å²) in [6.45, 7) is 1.59. The molecule has 0 aliphatic rings. The van der Waals surface area contributed by atoms with Gasteiger partial charge in [0, 0.05) is 10.6 Å². The summed E-state index contributed by atoms with van der Waals surface area (Å²) in [6, 6.07) is 2.79. The molecule has 102 valence electrons. The molecule has 1 aromatic carbocycles. The number of nitrogens with two attached hydrogens (primary N) is 1. The molecule has 0 aliphatic carbocycles. The summed E-state index contributed by atoms with van der Waals surface area (Å²) in [5.74, 6) is -0.102. The van der Waals surface area contributed by atoms with Gasteiger partial charge < -0.3 is 10.3 Å². The highest BCUT2D eigenvalue weighted by atomic mass is 35.5. The Kier molecular flexibility index (Phi) is 3.51. The largest absolute Gasteiger partial charge is 0.417 e. The van der Waals surface area contributed by atoms with Gasteiger partial charge in [0.15, 0.2) is 0 Å². The first-order chi connectivity index (χ1) is 8.79. The minimum Gasteiger partial charge on any atom is -0.337 e. The van der Waals surface area contributed by atoms with Gasteiger partial charge in [-0.2, -0.15) is 18.2 Å². The van der Waals surface area contributed by atoms with Crippen LogP contribution in [0.25, 0.3) is 11.4 Å². The highest BCUT2D eigenvalue weighted by molar-refractivity contribution is 6.30. The maximum atomic E-state index is 12.9. The topological polar surface area (TPSA) is 64.9 Å². The van der Waals surface area contributed by atoms with Crippen molar-refractivity contribution in [2.24, 2.45) is 5.73 Å². The number of aromatic nitrogens is 2. The summed E-state index contributed by atoms with van der Waals surface area (Å²) < 4.78 is 43.5. The van der Waals surface area contributed by atoms with E-state index in [0.717, 1.165) is 6.07 Å². The van der Waals surface area contributed by atoms with Crippen molar-refractivity contribution in [3.8, 4) is 11.4 Å². The summed E-state index contributed by atoms with van der Waals surface area (Å²) in [7, 11) is 0. The van der Waals surface area contributed by atoms with Gasteiger partial charge in [0.1, 0.15) is 0 Å². The lowest BCUT2D eigenvalue weighted by Gasteiger charge is -2.10. The van der Waals surface area contributed by atoms with Gasteiger partial charge in [0.05, 0.1) is 11.6 Å². The van der Waals surface area contributed by atoms with Crippen molar-refractivity contribution in [3.05, 3.63) is 34.7 Å². The van der Waals surface area contributed by atoms with Crippen LogP contribution < -0.4 is 5.73 Å². The Morgan fingerprint density at radius 2 is 2.05 bits per heavy atom. The minimum absolute atomic E-state index is 0.0213. The number of halogens is 4. The summed E-state index contributed by atoms with van der Waals surface area (Å²) >= 11 is 5.58. The van der Waals surface area contributed by atoms with E-state index in [0.29, 0.717) is 0 Å². The molecule has 2 aromatic rings. The van der Waals surface area contributed by atoms with Crippen molar-refractivity contribution < 1.29 is 17.7 Å². The van der Waals surface area contributed by atoms with Crippen LogP contribution in [0, 0.1) is 0 Å². The molecular weight excluding hydrogens is 283 g/mol. The van der Waals surface area contributed by atoms with E-state index >= 15 is 0 Å². The number of benzene rings is 1. The zero-order chi connectivity index (χ0) is 14.2. The van der Waals surface area contributed by atoms with E-state index in [2.05, 4.69) is 10.1 Å². The minimum atomic E-state index is -4.56. The molecule has 0 saturated carbocycles. The van der Waals surface area contributed by atoms with Crippen LogP contribution in [-0.4, -0.2) is 10.1 Å². The van der Waals surface area contributed by atoms with Gasteiger partial charge in [-0.1, -0.05) is 16.8 Å². The fourth-order valence-electron chi connectivity index (χ4n) is 1.48. The average Bonchev–Trinajstić information content (AvgIpc) is 2.77. The second kappa shape index (κ2) is 4.82. The molecule has 2 rings (SSSR count). The maximum absolute atomic E-state index is 12.9. The number of hydrogen-bond acceptors (Lipinski definition) is 4. The number of hydrogen-bond donors (Lipinski definition) is 1. The van der Waals surface area contributed by atoms with Crippen molar-refractivity contribution in [2.45, 2.75) is 19.1 Å². The van der Waals surface area contributed by atoms with E-state index in [9.17, 15) is 13.2 Å². The van der Waals surface area contributed by atoms with E-state index in [1.165, 1.54) is 12.1 Å². The molecule has 0 amide bonds. The second-order valence-electron chi connectivity index (χ2n) is 3.93. The first kappa shape index (κ1) is 13.8. The van der Waals surface area contributed by atoms with Crippen LogP contribution in [-0.2, 0) is 6.18 Å². The van der Waals surface area contributed by atoms with E-state index < -0.39 is 17.8 Å². The highest BCUT2D eigenvalue weighted by Crippen LogP contribution is 2.37. The van der Waals surface area contributed by atoms with Crippen molar-refractivity contribution in [1.82, 2.24) is 10.1 Å². The fourth-order valence-corrected chi connectivity index (χ4v) is 1.65. The van der Waals surface area contributed by atoms with Gasteiger partial charge in [0.2, 0.25) is 11.7 Å². The molecule has 2 N–H and O–H groups in total. The smallest absolute Gasteiger partial charge is 0.337 e. The molecule has 1 heterocycles. The van der Waals surface area contributed by atoms with Crippen molar-refractivity contribution >= 4 is 11.6 Å². The summed E-state index contributed by atoms with van der Waals surface area (Å²) in [5.41, 5.74) is 4.39. The van der Waals surface area contributed by atoms with Gasteiger partial charge in [-0.05, 0) is 25.1 Å². The van der Waals surface area contributed by atoms with E-state index in [1.54, 1.807) is 6.92 Å². The molecule has 19 heavy (non-hydrogen) atoms. The lowest BCUT2D eigenvalue weighted by Crippen LogP contribution is -2.08. The zero-order valence-electron chi connectivity index (χ0n) is 9.70. The SMILES string of the molecule is C[C@H](N)c1nc(-c2ccc(Cl)cc2C(F)(F)F)no1. The molecule has 0 spiro atoms. The molecule has 0 radical (unpaired) electrons. The molecule has 1 aromatic heterocycles. The molecule has 8 heteroatoms. The second-order valence-corrected chi connectivity index (χ2v) is 4.37. The Morgan fingerprint density at radius 3 is 2.58 bits per heavy atom. The van der Waals surface area contributed by atoms with Crippen LogP contribution in [0.5, 0.6) is 0 Å². The Balaban J connectivity index is 2.55. The Bertz CT molecular complexity index is 595. The van der Waals surface area contributed by atoms with E-state index in [-0.39, 0.29) is 22.3 Å². The lowest BCUT2D eigenvalue weighted by atomic mass is 10.1. The van der Waals surface area contributed by atoms with E-state index in [4.69, 9.17) is 21.9 Å². The van der Waals surface area contributed by atoms with Gasteiger partial charge in [-0.3, -0.25) is 0 Å². The third-order valence-corrected chi connectivity index (χ3v) is 2.59. The molecule has 1 atom stereocenters. The molecule has 0 aliphatic heterocycles. The fraction of sp³-hybridized carbons (Fsp3) is 0.273. The first-order valence-electron chi connectivity index (χ1n) is 5.25. The first-order valence-corrected chi connectivity index (χ1v) is 5.63. The van der Waals surface area contributed by atoms with Crippen LogP contribution >= 0.6 is 11.6 Å². The number of nitrogens with zero attached hydrogens (tertiary/aromatic N) is 2. The Morgan fingerprint density at radius 1 is 1.37 bits per heavy atom. The van der Waals surface area contributed by atoms with Crippen LogP contribution in [0.15, 0.2) is 22.7 Å². The third-order valence-electron chi connectivity index (χ3n) is 2.36. The van der Waals surface area contributed by atoms with Gasteiger partial charge in [-0.25, -0.2) is 0 Å². The summed E-state index contributed by atoms with van der Waals surface area (Å²) in [4.78, 5) is 3.84. The average molecular weight is 292 g/mol. The monoisotopic (exact) mass is 291 g/mol. The van der Waals surface area contributed by atoms with Crippen LogP contribution in [0.1, 0.15) is 24.4 Å². The van der Waals surface area contributed by atoms with Crippen LogP contribution in [0.2, 0.25) is 5.02 Å². The van der Waals surface area contributed by atoms with Gasteiger partial charge >= 0.3 is 6.18 Å².